The highest BCUT2D eigenvalue weighted by Crippen LogP contribution is 2.49. The lowest BCUT2D eigenvalue weighted by molar-refractivity contribution is -0.110. The van der Waals surface area contributed by atoms with Crippen molar-refractivity contribution in [1.82, 2.24) is 9.55 Å². The van der Waals surface area contributed by atoms with Gasteiger partial charge < -0.3 is 10.2 Å². The largest absolute Gasteiger partial charge is 0.395 e. The molecule has 0 bridgehead atoms. The van der Waals surface area contributed by atoms with Gasteiger partial charge in [-0.2, -0.15) is 0 Å². The molecule has 0 amide bonds. The third-order valence-electron chi connectivity index (χ3n) is 2.98. The second-order valence-corrected chi connectivity index (χ2v) is 5.62. The molecule has 0 radical (unpaired) electrons. The maximum absolute atomic E-state index is 13.6. The lowest BCUT2D eigenvalue weighted by Gasteiger charge is -2.20. The molecule has 106 valence electrons. The molecule has 9 heteroatoms. The Balaban J connectivity index is 2.47. The predicted octanol–water partition coefficient (Wildman–Crippen LogP) is -0.552. The van der Waals surface area contributed by atoms with Gasteiger partial charge in [-0.25, -0.2) is 13.6 Å². The minimum Gasteiger partial charge on any atom is -0.395 e. The monoisotopic (exact) mass is 294 g/mol. The predicted molar refractivity (Wildman–Crippen MR) is 64.5 cm³/mol. The fourth-order valence-corrected chi connectivity index (χ4v) is 3.23. The van der Waals surface area contributed by atoms with Crippen LogP contribution in [0.4, 0.5) is 8.78 Å². The zero-order chi connectivity index (χ0) is 14.4. The number of aryl methyl sites for hydroxylation is 1. The minimum absolute atomic E-state index is 0.170. The van der Waals surface area contributed by atoms with Gasteiger partial charge in [0.05, 0.1) is 11.9 Å². The van der Waals surface area contributed by atoms with Gasteiger partial charge in [0, 0.05) is 11.8 Å². The number of rotatable bonds is 2. The third kappa shape index (κ3) is 2.21. The van der Waals surface area contributed by atoms with E-state index in [0.29, 0.717) is 11.8 Å². The van der Waals surface area contributed by atoms with Gasteiger partial charge in [-0.05, 0) is 6.92 Å². The number of hydrogen-bond acceptors (Lipinski definition) is 5. The number of aromatic amines is 1. The summed E-state index contributed by atoms with van der Waals surface area (Å²) in [5.74, 6) is -3.51. The van der Waals surface area contributed by atoms with Crippen molar-refractivity contribution in [2.24, 2.45) is 0 Å². The number of aromatic nitrogens is 2. The molecule has 0 saturated carbocycles. The van der Waals surface area contributed by atoms with Crippen molar-refractivity contribution in [3.05, 3.63) is 32.6 Å². The quantitative estimate of drug-likeness (QED) is 0.680. The van der Waals surface area contributed by atoms with Gasteiger partial charge in [-0.15, -0.1) is 11.8 Å². The first kappa shape index (κ1) is 14.2. The van der Waals surface area contributed by atoms with E-state index in [1.165, 1.54) is 6.92 Å². The molecule has 2 rings (SSSR count). The normalized spacial score (nSPS) is 29.6. The average Bonchev–Trinajstić information content (AvgIpc) is 2.56. The van der Waals surface area contributed by atoms with Crippen molar-refractivity contribution in [2.45, 2.75) is 29.6 Å². The van der Waals surface area contributed by atoms with E-state index in [9.17, 15) is 23.5 Å². The number of aliphatic hydroxyl groups excluding tert-OH is 2. The molecule has 1 aromatic rings. The first-order valence-corrected chi connectivity index (χ1v) is 6.37. The molecular formula is C10H12F2N2O4S. The van der Waals surface area contributed by atoms with Gasteiger partial charge in [0.1, 0.15) is 11.5 Å². The summed E-state index contributed by atoms with van der Waals surface area (Å²) in [6.45, 7) is 0.602. The van der Waals surface area contributed by atoms with Crippen molar-refractivity contribution in [1.29, 1.82) is 0 Å². The van der Waals surface area contributed by atoms with Crippen LogP contribution >= 0.6 is 11.8 Å². The number of H-pyrrole nitrogens is 1. The highest BCUT2D eigenvalue weighted by molar-refractivity contribution is 8.00. The number of nitrogens with zero attached hydrogens (tertiary/aromatic N) is 1. The molecule has 3 atom stereocenters. The standard InChI is InChI=1S/C10H12F2N2O4S/c1-4-2-14(9(18)13-7(4)17)8-6(16)10(11,12)5(3-15)19-8/h2,5-6,8,15-16H,3H2,1H3,(H,13,17,18)/t5-,6+,8-/m0/s1. The fourth-order valence-electron chi connectivity index (χ4n) is 1.87. The van der Waals surface area contributed by atoms with Crippen LogP contribution in [0, 0.1) is 6.92 Å². The lowest BCUT2D eigenvalue weighted by Crippen LogP contribution is -2.42. The molecule has 0 unspecified atom stereocenters. The van der Waals surface area contributed by atoms with Crippen molar-refractivity contribution in [3.8, 4) is 0 Å². The Hall–Kier alpha value is -1.19. The van der Waals surface area contributed by atoms with Crippen molar-refractivity contribution in [3.63, 3.8) is 0 Å². The van der Waals surface area contributed by atoms with Gasteiger partial charge in [-0.3, -0.25) is 14.3 Å². The molecule has 3 N–H and O–H groups in total. The number of halogens is 2. The summed E-state index contributed by atoms with van der Waals surface area (Å²) in [4.78, 5) is 24.8. The highest BCUT2D eigenvalue weighted by Gasteiger charge is 2.58. The first-order chi connectivity index (χ1) is 8.78. The van der Waals surface area contributed by atoms with E-state index >= 15 is 0 Å². The van der Waals surface area contributed by atoms with Crippen LogP contribution in [0.1, 0.15) is 10.9 Å². The Bertz CT molecular complexity index is 600. The molecule has 0 aliphatic carbocycles. The molecule has 0 spiro atoms. The van der Waals surface area contributed by atoms with E-state index < -0.39 is 40.5 Å². The molecule has 19 heavy (non-hydrogen) atoms. The van der Waals surface area contributed by atoms with Crippen molar-refractivity contribution >= 4 is 11.8 Å². The Morgan fingerprint density at radius 2 is 2.16 bits per heavy atom. The summed E-state index contributed by atoms with van der Waals surface area (Å²) in [6, 6.07) is 0. The van der Waals surface area contributed by atoms with E-state index in [2.05, 4.69) is 0 Å². The number of hydrogen-bond donors (Lipinski definition) is 3. The summed E-state index contributed by atoms with van der Waals surface area (Å²) in [6.07, 6.45) is -0.990. The molecule has 1 aliphatic rings. The zero-order valence-corrected chi connectivity index (χ0v) is 10.7. The Kier molecular flexibility index (Phi) is 3.54. The van der Waals surface area contributed by atoms with Crippen LogP contribution < -0.4 is 11.2 Å². The summed E-state index contributed by atoms with van der Waals surface area (Å²) in [7, 11) is 0. The minimum atomic E-state index is -3.51. The van der Waals surface area contributed by atoms with Crippen LogP contribution in [0.5, 0.6) is 0 Å². The molecular weight excluding hydrogens is 282 g/mol. The van der Waals surface area contributed by atoms with Crippen LogP contribution in [0.2, 0.25) is 0 Å². The van der Waals surface area contributed by atoms with Crippen LogP contribution in [0.25, 0.3) is 0 Å². The van der Waals surface area contributed by atoms with Gasteiger partial charge >= 0.3 is 5.69 Å². The number of thioether (sulfide) groups is 1. The summed E-state index contributed by atoms with van der Waals surface area (Å²) in [5.41, 5.74) is -1.31. The van der Waals surface area contributed by atoms with Crippen LogP contribution in [0.15, 0.2) is 15.8 Å². The maximum atomic E-state index is 13.6. The molecule has 1 saturated heterocycles. The third-order valence-corrected chi connectivity index (χ3v) is 4.54. The average molecular weight is 294 g/mol. The summed E-state index contributed by atoms with van der Waals surface area (Å²) in [5, 5.41) is 15.8. The maximum Gasteiger partial charge on any atom is 0.329 e. The van der Waals surface area contributed by atoms with Gasteiger partial charge in [-0.1, -0.05) is 0 Å². The van der Waals surface area contributed by atoms with E-state index in [-0.39, 0.29) is 5.56 Å². The Morgan fingerprint density at radius 1 is 1.53 bits per heavy atom. The topological polar surface area (TPSA) is 95.3 Å². The molecule has 0 aromatic carbocycles. The van der Waals surface area contributed by atoms with E-state index in [0.717, 1.165) is 10.8 Å². The summed E-state index contributed by atoms with van der Waals surface area (Å²) < 4.78 is 28.1. The molecule has 2 heterocycles. The van der Waals surface area contributed by atoms with Gasteiger partial charge in [0.15, 0.2) is 0 Å². The Labute approximate surface area is 110 Å². The van der Waals surface area contributed by atoms with E-state index in [4.69, 9.17) is 5.11 Å². The number of nitrogens with one attached hydrogen (secondary N) is 1. The van der Waals surface area contributed by atoms with Crippen LogP contribution in [0.3, 0.4) is 0 Å². The lowest BCUT2D eigenvalue weighted by atomic mass is 10.1. The van der Waals surface area contributed by atoms with Crippen LogP contribution in [-0.2, 0) is 0 Å². The first-order valence-electron chi connectivity index (χ1n) is 5.43. The van der Waals surface area contributed by atoms with Crippen LogP contribution in [-0.4, -0.2) is 43.6 Å². The molecule has 6 nitrogen and oxygen atoms in total. The van der Waals surface area contributed by atoms with Gasteiger partial charge in [0.25, 0.3) is 11.5 Å². The molecule has 1 aliphatic heterocycles. The highest BCUT2D eigenvalue weighted by atomic mass is 32.2. The van der Waals surface area contributed by atoms with Crippen molar-refractivity contribution < 1.29 is 19.0 Å². The smallest absolute Gasteiger partial charge is 0.329 e. The van der Waals surface area contributed by atoms with E-state index in [1.807, 2.05) is 4.98 Å². The van der Waals surface area contributed by atoms with Gasteiger partial charge in [0.2, 0.25) is 0 Å². The molecule has 1 aromatic heterocycles. The Morgan fingerprint density at radius 3 is 2.68 bits per heavy atom. The zero-order valence-electron chi connectivity index (χ0n) is 9.84. The second kappa shape index (κ2) is 4.73. The van der Waals surface area contributed by atoms with Crippen molar-refractivity contribution in [2.75, 3.05) is 6.61 Å². The summed E-state index contributed by atoms with van der Waals surface area (Å²) >= 11 is 0.598. The number of aliphatic hydroxyl groups is 2. The number of alkyl halides is 2. The second-order valence-electron chi connectivity index (χ2n) is 4.30. The van der Waals surface area contributed by atoms with E-state index in [1.54, 1.807) is 0 Å². The fraction of sp³-hybridized carbons (Fsp3) is 0.600. The molecule has 1 fully saturated rings. The SMILES string of the molecule is Cc1cn([C@H]2S[C@@H](CO)C(F)(F)[C@@H]2O)c(=O)[nH]c1=O.